The van der Waals surface area contributed by atoms with Gasteiger partial charge in [-0.3, -0.25) is 4.79 Å². The molecule has 0 radical (unpaired) electrons. The minimum absolute atomic E-state index is 0.294. The van der Waals surface area contributed by atoms with Gasteiger partial charge in [0.25, 0.3) is 0 Å². The standard InChI is InChI=1S/C14H24O/c1-4-6-12-7-8-14(15)13(10-12)9-11(3)5-2/h12-13H,3-10H2,1-2H3. The number of hydrogen-bond acceptors (Lipinski definition) is 1. The van der Waals surface area contributed by atoms with E-state index in [0.717, 1.165) is 38.0 Å². The van der Waals surface area contributed by atoms with Crippen molar-refractivity contribution >= 4 is 5.78 Å². The monoisotopic (exact) mass is 208 g/mol. The van der Waals surface area contributed by atoms with Crippen LogP contribution in [0.3, 0.4) is 0 Å². The second kappa shape index (κ2) is 6.09. The van der Waals surface area contributed by atoms with Crippen molar-refractivity contribution in [1.29, 1.82) is 0 Å². The Labute approximate surface area is 93.9 Å². The highest BCUT2D eigenvalue weighted by molar-refractivity contribution is 5.82. The third-order valence-corrected chi connectivity index (χ3v) is 3.60. The van der Waals surface area contributed by atoms with Gasteiger partial charge in [0.05, 0.1) is 0 Å². The highest BCUT2D eigenvalue weighted by Gasteiger charge is 2.27. The molecule has 2 atom stereocenters. The van der Waals surface area contributed by atoms with Crippen LogP contribution in [0.2, 0.25) is 0 Å². The van der Waals surface area contributed by atoms with E-state index >= 15 is 0 Å². The first-order chi connectivity index (χ1) is 7.17. The Hall–Kier alpha value is -0.590. The van der Waals surface area contributed by atoms with Crippen molar-refractivity contribution in [2.45, 2.75) is 58.8 Å². The van der Waals surface area contributed by atoms with Gasteiger partial charge < -0.3 is 0 Å². The summed E-state index contributed by atoms with van der Waals surface area (Å²) < 4.78 is 0. The number of rotatable bonds is 5. The second-order valence-corrected chi connectivity index (χ2v) is 4.90. The highest BCUT2D eigenvalue weighted by Crippen LogP contribution is 2.33. The maximum atomic E-state index is 11.8. The van der Waals surface area contributed by atoms with Crippen molar-refractivity contribution < 1.29 is 4.79 Å². The molecule has 1 fully saturated rings. The van der Waals surface area contributed by atoms with Gasteiger partial charge in [0.2, 0.25) is 0 Å². The fraction of sp³-hybridized carbons (Fsp3) is 0.786. The van der Waals surface area contributed by atoms with Crippen LogP contribution >= 0.6 is 0 Å². The van der Waals surface area contributed by atoms with Gasteiger partial charge in [-0.05, 0) is 31.6 Å². The molecule has 1 saturated carbocycles. The highest BCUT2D eigenvalue weighted by atomic mass is 16.1. The van der Waals surface area contributed by atoms with E-state index in [2.05, 4.69) is 20.4 Å². The Morgan fingerprint density at radius 1 is 1.47 bits per heavy atom. The Bertz CT molecular complexity index is 229. The smallest absolute Gasteiger partial charge is 0.136 e. The van der Waals surface area contributed by atoms with Gasteiger partial charge in [0.15, 0.2) is 0 Å². The van der Waals surface area contributed by atoms with Crippen LogP contribution in [-0.4, -0.2) is 5.78 Å². The first kappa shape index (κ1) is 12.5. The number of carbonyl (C=O) groups is 1. The van der Waals surface area contributed by atoms with E-state index in [1.807, 2.05) is 0 Å². The van der Waals surface area contributed by atoms with Crippen molar-refractivity contribution in [2.75, 3.05) is 0 Å². The van der Waals surface area contributed by atoms with E-state index < -0.39 is 0 Å². The van der Waals surface area contributed by atoms with E-state index in [1.54, 1.807) is 0 Å². The number of allylic oxidation sites excluding steroid dienone is 1. The lowest BCUT2D eigenvalue weighted by atomic mass is 9.76. The van der Waals surface area contributed by atoms with E-state index in [9.17, 15) is 4.79 Å². The number of ketones is 1. The van der Waals surface area contributed by atoms with Crippen LogP contribution in [0.4, 0.5) is 0 Å². The van der Waals surface area contributed by atoms with Gasteiger partial charge in [-0.25, -0.2) is 0 Å². The molecule has 1 rings (SSSR count). The molecule has 0 aliphatic heterocycles. The van der Waals surface area contributed by atoms with Crippen LogP contribution in [0.5, 0.6) is 0 Å². The molecular weight excluding hydrogens is 184 g/mol. The summed E-state index contributed by atoms with van der Waals surface area (Å²) in [5.74, 6) is 1.57. The van der Waals surface area contributed by atoms with Crippen molar-refractivity contribution in [3.05, 3.63) is 12.2 Å². The molecular formula is C14H24O. The molecule has 0 amide bonds. The van der Waals surface area contributed by atoms with Crippen molar-refractivity contribution in [1.82, 2.24) is 0 Å². The van der Waals surface area contributed by atoms with E-state index in [-0.39, 0.29) is 0 Å². The van der Waals surface area contributed by atoms with Crippen LogP contribution < -0.4 is 0 Å². The summed E-state index contributed by atoms with van der Waals surface area (Å²) in [6.45, 7) is 8.38. The third-order valence-electron chi connectivity index (χ3n) is 3.60. The summed E-state index contributed by atoms with van der Waals surface area (Å²) in [6.07, 6.45) is 7.56. The molecule has 0 heterocycles. The third kappa shape index (κ3) is 3.81. The van der Waals surface area contributed by atoms with Crippen LogP contribution in [0, 0.1) is 11.8 Å². The molecule has 2 unspecified atom stereocenters. The molecule has 0 aromatic rings. The van der Waals surface area contributed by atoms with E-state index in [4.69, 9.17) is 0 Å². The maximum absolute atomic E-state index is 11.8. The molecule has 0 saturated heterocycles. The molecule has 0 aromatic heterocycles. The SMILES string of the molecule is C=C(CC)CC1CC(CCC)CCC1=O. The topological polar surface area (TPSA) is 17.1 Å². The number of hydrogen-bond donors (Lipinski definition) is 0. The predicted molar refractivity (Wildman–Crippen MR) is 64.8 cm³/mol. The second-order valence-electron chi connectivity index (χ2n) is 4.90. The fourth-order valence-electron chi connectivity index (χ4n) is 2.56. The molecule has 1 heteroatoms. The molecule has 1 aliphatic carbocycles. The zero-order valence-electron chi connectivity index (χ0n) is 10.2. The lowest BCUT2D eigenvalue weighted by Gasteiger charge is -2.28. The molecule has 0 bridgehead atoms. The first-order valence-corrected chi connectivity index (χ1v) is 6.36. The summed E-state index contributed by atoms with van der Waals surface area (Å²) in [7, 11) is 0. The Morgan fingerprint density at radius 2 is 2.20 bits per heavy atom. The van der Waals surface area contributed by atoms with Gasteiger partial charge in [-0.2, -0.15) is 0 Å². The fourth-order valence-corrected chi connectivity index (χ4v) is 2.56. The van der Waals surface area contributed by atoms with Crippen molar-refractivity contribution in [3.8, 4) is 0 Å². The summed E-state index contributed by atoms with van der Waals surface area (Å²) in [6, 6.07) is 0. The lowest BCUT2D eigenvalue weighted by molar-refractivity contribution is -0.125. The Balaban J connectivity index is 2.46. The summed E-state index contributed by atoms with van der Waals surface area (Å²) >= 11 is 0. The van der Waals surface area contributed by atoms with Crippen LogP contribution in [-0.2, 0) is 4.79 Å². The van der Waals surface area contributed by atoms with Gasteiger partial charge >= 0.3 is 0 Å². The van der Waals surface area contributed by atoms with E-state index in [1.165, 1.54) is 18.4 Å². The Kier molecular flexibility index (Phi) is 5.07. The van der Waals surface area contributed by atoms with Crippen LogP contribution in [0.15, 0.2) is 12.2 Å². The minimum Gasteiger partial charge on any atom is -0.299 e. The van der Waals surface area contributed by atoms with Gasteiger partial charge in [0.1, 0.15) is 5.78 Å². The average molecular weight is 208 g/mol. The van der Waals surface area contributed by atoms with Gasteiger partial charge in [0, 0.05) is 12.3 Å². The molecule has 15 heavy (non-hydrogen) atoms. The molecule has 1 aliphatic rings. The first-order valence-electron chi connectivity index (χ1n) is 6.36. The minimum atomic E-state index is 0.294. The summed E-state index contributed by atoms with van der Waals surface area (Å²) in [5, 5.41) is 0. The zero-order chi connectivity index (χ0) is 11.3. The van der Waals surface area contributed by atoms with Crippen LogP contribution in [0.1, 0.15) is 58.8 Å². The quantitative estimate of drug-likeness (QED) is 0.621. The normalized spacial score (nSPS) is 26.7. The predicted octanol–water partition coefficient (Wildman–Crippen LogP) is 4.13. The van der Waals surface area contributed by atoms with Crippen molar-refractivity contribution in [3.63, 3.8) is 0 Å². The molecule has 1 nitrogen and oxygen atoms in total. The molecule has 0 spiro atoms. The van der Waals surface area contributed by atoms with Crippen molar-refractivity contribution in [2.24, 2.45) is 11.8 Å². The average Bonchev–Trinajstić information content (AvgIpc) is 2.23. The maximum Gasteiger partial charge on any atom is 0.136 e. The number of carbonyl (C=O) groups excluding carboxylic acids is 1. The van der Waals surface area contributed by atoms with Crippen LogP contribution in [0.25, 0.3) is 0 Å². The van der Waals surface area contributed by atoms with Gasteiger partial charge in [-0.15, -0.1) is 0 Å². The molecule has 86 valence electrons. The lowest BCUT2D eigenvalue weighted by Crippen LogP contribution is -2.25. The molecule has 0 aromatic carbocycles. The summed E-state index contributed by atoms with van der Waals surface area (Å²) in [5.41, 5.74) is 1.24. The Morgan fingerprint density at radius 3 is 2.80 bits per heavy atom. The van der Waals surface area contributed by atoms with Gasteiger partial charge in [-0.1, -0.05) is 38.8 Å². The number of Topliss-reactive ketones (excluding diaryl/α,β-unsaturated/α-hetero) is 1. The molecule has 0 N–H and O–H groups in total. The van der Waals surface area contributed by atoms with E-state index in [0.29, 0.717) is 11.7 Å². The summed E-state index contributed by atoms with van der Waals surface area (Å²) in [4.78, 5) is 11.8. The zero-order valence-corrected chi connectivity index (χ0v) is 10.2. The largest absolute Gasteiger partial charge is 0.299 e.